The zero-order chi connectivity index (χ0) is 19.2. The summed E-state index contributed by atoms with van der Waals surface area (Å²) in [5.41, 5.74) is 2.40. The summed E-state index contributed by atoms with van der Waals surface area (Å²) in [4.78, 5) is 16.6. The van der Waals surface area contributed by atoms with Crippen LogP contribution in [0.4, 0.5) is 0 Å². The van der Waals surface area contributed by atoms with Gasteiger partial charge in [0.25, 0.3) is 5.91 Å². The topological polar surface area (TPSA) is 60.5 Å². The molecule has 1 N–H and O–H groups in total. The lowest BCUT2D eigenvalue weighted by atomic mass is 10.1. The average molecular weight is 374 g/mol. The third-order valence-corrected chi connectivity index (χ3v) is 4.68. The highest BCUT2D eigenvalue weighted by Crippen LogP contribution is 2.25. The van der Waals surface area contributed by atoms with Crippen LogP contribution in [-0.2, 0) is 4.74 Å². The molecule has 2 heterocycles. The Morgan fingerprint density at radius 2 is 1.82 bits per heavy atom. The van der Waals surface area contributed by atoms with Crippen LogP contribution in [0.25, 0.3) is 11.1 Å². The van der Waals surface area contributed by atoms with E-state index < -0.39 is 0 Å². The Kier molecular flexibility index (Phi) is 5.64. The summed E-state index contributed by atoms with van der Waals surface area (Å²) in [6.45, 7) is 1.32. The van der Waals surface area contributed by atoms with Gasteiger partial charge < -0.3 is 14.8 Å². The molecule has 0 bridgehead atoms. The molecular formula is C23H22N2O3. The van der Waals surface area contributed by atoms with Gasteiger partial charge in [-0.15, -0.1) is 0 Å². The van der Waals surface area contributed by atoms with Crippen LogP contribution >= 0.6 is 0 Å². The smallest absolute Gasteiger partial charge is 0.252 e. The number of rotatable bonds is 6. The van der Waals surface area contributed by atoms with E-state index in [-0.39, 0.29) is 12.0 Å². The van der Waals surface area contributed by atoms with E-state index in [9.17, 15) is 4.79 Å². The molecule has 0 saturated carbocycles. The maximum atomic E-state index is 12.4. The number of carbonyl (C=O) groups excluding carboxylic acids is 1. The number of aromatic nitrogens is 1. The Hall–Kier alpha value is -3.18. The second kappa shape index (κ2) is 8.67. The molecule has 2 aromatic carbocycles. The minimum Gasteiger partial charge on any atom is -0.457 e. The number of nitrogens with one attached hydrogen (secondary N) is 1. The van der Waals surface area contributed by atoms with E-state index in [1.54, 1.807) is 12.4 Å². The van der Waals surface area contributed by atoms with Crippen molar-refractivity contribution >= 4 is 5.91 Å². The van der Waals surface area contributed by atoms with Crippen molar-refractivity contribution in [1.29, 1.82) is 0 Å². The minimum atomic E-state index is -0.131. The Labute approximate surface area is 164 Å². The quantitative estimate of drug-likeness (QED) is 0.692. The zero-order valence-corrected chi connectivity index (χ0v) is 15.5. The summed E-state index contributed by atoms with van der Waals surface area (Å²) >= 11 is 0. The van der Waals surface area contributed by atoms with Crippen LogP contribution < -0.4 is 10.1 Å². The lowest BCUT2D eigenvalue weighted by Gasteiger charge is -2.11. The molecule has 1 fully saturated rings. The highest BCUT2D eigenvalue weighted by molar-refractivity contribution is 5.95. The van der Waals surface area contributed by atoms with Gasteiger partial charge in [0.05, 0.1) is 11.7 Å². The normalized spacial score (nSPS) is 15.9. The van der Waals surface area contributed by atoms with Gasteiger partial charge in [-0.05, 0) is 48.7 Å². The van der Waals surface area contributed by atoms with Crippen molar-refractivity contribution in [3.8, 4) is 22.6 Å². The molecule has 1 aliphatic rings. The summed E-state index contributed by atoms with van der Waals surface area (Å²) < 4.78 is 11.4. The molecule has 5 nitrogen and oxygen atoms in total. The van der Waals surface area contributed by atoms with Crippen LogP contribution in [0.3, 0.4) is 0 Å². The van der Waals surface area contributed by atoms with E-state index in [0.29, 0.717) is 12.1 Å². The second-order valence-electron chi connectivity index (χ2n) is 6.75. The summed E-state index contributed by atoms with van der Waals surface area (Å²) in [5, 5.41) is 2.93. The Morgan fingerprint density at radius 3 is 2.57 bits per heavy atom. The van der Waals surface area contributed by atoms with Crippen molar-refractivity contribution in [1.82, 2.24) is 10.3 Å². The minimum absolute atomic E-state index is 0.122. The number of amides is 1. The van der Waals surface area contributed by atoms with Crippen molar-refractivity contribution in [3.05, 3.63) is 78.6 Å². The van der Waals surface area contributed by atoms with Crippen LogP contribution in [0.5, 0.6) is 11.5 Å². The molecule has 1 amide bonds. The van der Waals surface area contributed by atoms with E-state index in [0.717, 1.165) is 42.1 Å². The number of nitrogens with zero attached hydrogens (tertiary/aromatic N) is 1. The lowest BCUT2D eigenvalue weighted by molar-refractivity contribution is 0.0857. The van der Waals surface area contributed by atoms with Gasteiger partial charge >= 0.3 is 0 Å². The zero-order valence-electron chi connectivity index (χ0n) is 15.5. The average Bonchev–Trinajstić information content (AvgIpc) is 3.27. The number of carbonyl (C=O) groups is 1. The van der Waals surface area contributed by atoms with Crippen molar-refractivity contribution in [2.75, 3.05) is 13.2 Å². The van der Waals surface area contributed by atoms with Crippen molar-refractivity contribution < 1.29 is 14.3 Å². The van der Waals surface area contributed by atoms with Crippen molar-refractivity contribution in [2.24, 2.45) is 0 Å². The van der Waals surface area contributed by atoms with Gasteiger partial charge in [-0.1, -0.05) is 30.3 Å². The summed E-state index contributed by atoms with van der Waals surface area (Å²) in [5.74, 6) is 1.42. The number of pyridine rings is 1. The first-order valence-corrected chi connectivity index (χ1v) is 9.46. The number of benzene rings is 2. The van der Waals surface area contributed by atoms with E-state index in [4.69, 9.17) is 9.47 Å². The SMILES string of the molecule is O=C(NC[C@H]1CCCO1)c1cncc(-c2ccc(Oc3ccccc3)cc2)c1. The number of hydrogen-bond donors (Lipinski definition) is 1. The van der Waals surface area contributed by atoms with E-state index in [1.165, 1.54) is 0 Å². The fourth-order valence-electron chi connectivity index (χ4n) is 3.18. The van der Waals surface area contributed by atoms with Gasteiger partial charge in [-0.2, -0.15) is 0 Å². The Balaban J connectivity index is 1.42. The first-order valence-electron chi connectivity index (χ1n) is 9.46. The molecule has 3 aromatic rings. The predicted molar refractivity (Wildman–Crippen MR) is 107 cm³/mol. The molecule has 142 valence electrons. The molecular weight excluding hydrogens is 352 g/mol. The van der Waals surface area contributed by atoms with E-state index >= 15 is 0 Å². The van der Waals surface area contributed by atoms with Crippen molar-refractivity contribution in [2.45, 2.75) is 18.9 Å². The number of ether oxygens (including phenoxy) is 2. The van der Waals surface area contributed by atoms with Gasteiger partial charge in [0, 0.05) is 31.1 Å². The van der Waals surface area contributed by atoms with Gasteiger partial charge in [-0.25, -0.2) is 0 Å². The maximum absolute atomic E-state index is 12.4. The monoisotopic (exact) mass is 374 g/mol. The van der Waals surface area contributed by atoms with Gasteiger partial charge in [0.1, 0.15) is 11.5 Å². The molecule has 0 aliphatic carbocycles. The maximum Gasteiger partial charge on any atom is 0.252 e. The van der Waals surface area contributed by atoms with Gasteiger partial charge in [0.2, 0.25) is 0 Å². The van der Waals surface area contributed by atoms with Gasteiger partial charge in [-0.3, -0.25) is 9.78 Å². The predicted octanol–water partition coefficient (Wildman–Crippen LogP) is 4.45. The first-order chi connectivity index (χ1) is 13.8. The summed E-state index contributed by atoms with van der Waals surface area (Å²) in [6, 6.07) is 19.2. The number of para-hydroxylation sites is 1. The molecule has 1 saturated heterocycles. The van der Waals surface area contributed by atoms with Crippen LogP contribution in [0.2, 0.25) is 0 Å². The van der Waals surface area contributed by atoms with Crippen LogP contribution in [0.1, 0.15) is 23.2 Å². The highest BCUT2D eigenvalue weighted by atomic mass is 16.5. The first kappa shape index (κ1) is 18.2. The standard InChI is InChI=1S/C23H22N2O3/c26-23(25-16-22-7-4-12-27-22)19-13-18(14-24-15-19)17-8-10-21(11-9-17)28-20-5-2-1-3-6-20/h1-3,5-6,8-11,13-15,22H,4,7,12,16H2,(H,25,26)/t22-/m1/s1. The third kappa shape index (κ3) is 4.56. The molecule has 1 aromatic heterocycles. The fourth-order valence-corrected chi connectivity index (χ4v) is 3.18. The highest BCUT2D eigenvalue weighted by Gasteiger charge is 2.17. The molecule has 1 atom stereocenters. The third-order valence-electron chi connectivity index (χ3n) is 4.68. The fraction of sp³-hybridized carbons (Fsp3) is 0.217. The van der Waals surface area contributed by atoms with E-state index in [2.05, 4.69) is 10.3 Å². The van der Waals surface area contributed by atoms with Crippen LogP contribution in [-0.4, -0.2) is 30.1 Å². The lowest BCUT2D eigenvalue weighted by Crippen LogP contribution is -2.31. The Morgan fingerprint density at radius 1 is 1.04 bits per heavy atom. The van der Waals surface area contributed by atoms with Crippen LogP contribution in [0, 0.1) is 0 Å². The molecule has 0 radical (unpaired) electrons. The number of hydrogen-bond acceptors (Lipinski definition) is 4. The Bertz CT molecular complexity index is 920. The van der Waals surface area contributed by atoms with Crippen molar-refractivity contribution in [3.63, 3.8) is 0 Å². The molecule has 0 spiro atoms. The molecule has 28 heavy (non-hydrogen) atoms. The van der Waals surface area contributed by atoms with Crippen LogP contribution in [0.15, 0.2) is 73.1 Å². The second-order valence-corrected chi connectivity index (χ2v) is 6.75. The molecule has 5 heteroatoms. The van der Waals surface area contributed by atoms with Gasteiger partial charge in [0.15, 0.2) is 0 Å². The molecule has 0 unspecified atom stereocenters. The molecule has 4 rings (SSSR count). The summed E-state index contributed by atoms with van der Waals surface area (Å²) in [6.07, 6.45) is 5.51. The largest absolute Gasteiger partial charge is 0.457 e. The summed E-state index contributed by atoms with van der Waals surface area (Å²) in [7, 11) is 0. The van der Waals surface area contributed by atoms with E-state index in [1.807, 2.05) is 60.7 Å². The molecule has 1 aliphatic heterocycles.